The second kappa shape index (κ2) is 3.19. The predicted octanol–water partition coefficient (Wildman–Crippen LogP) is 2.21. The van der Waals surface area contributed by atoms with Crippen molar-refractivity contribution >= 4 is 11.9 Å². The van der Waals surface area contributed by atoms with Crippen molar-refractivity contribution < 1.29 is 14.3 Å². The number of rotatable bonds is 1. The van der Waals surface area contributed by atoms with Gasteiger partial charge in [-0.3, -0.25) is 9.59 Å². The van der Waals surface area contributed by atoms with Crippen LogP contribution in [0.2, 0.25) is 0 Å². The number of fused-ring (bicyclic) bond motifs is 1. The maximum Gasteiger partial charge on any atom is 0.320 e. The Labute approximate surface area is 89.5 Å². The van der Waals surface area contributed by atoms with Crippen LogP contribution in [0.1, 0.15) is 40.0 Å². The molecule has 1 aliphatic carbocycles. The third-order valence-electron chi connectivity index (χ3n) is 4.00. The lowest BCUT2D eigenvalue weighted by Gasteiger charge is -2.34. The third-order valence-corrected chi connectivity index (χ3v) is 4.00. The van der Waals surface area contributed by atoms with Crippen LogP contribution >= 0.6 is 0 Å². The highest BCUT2D eigenvalue weighted by Crippen LogP contribution is 2.51. The monoisotopic (exact) mass is 208 g/mol. The molecule has 2 atom stereocenters. The number of esters is 2. The molecule has 0 amide bonds. The molecule has 2 aliphatic rings. The summed E-state index contributed by atoms with van der Waals surface area (Å²) in [5, 5.41) is 0. The van der Waals surface area contributed by atoms with E-state index in [2.05, 4.69) is 0 Å². The number of hydrogen-bond acceptors (Lipinski definition) is 3. The van der Waals surface area contributed by atoms with Gasteiger partial charge in [0, 0.05) is 0 Å². The van der Waals surface area contributed by atoms with E-state index in [0.717, 1.165) is 0 Å². The Bertz CT molecular complexity index is 367. The van der Waals surface area contributed by atoms with E-state index < -0.39 is 5.41 Å². The molecule has 0 radical (unpaired) electrons. The normalized spacial score (nSPS) is 35.5. The van der Waals surface area contributed by atoms with Gasteiger partial charge in [0.25, 0.3) is 0 Å². The molecular formula is C12H16O3. The first-order chi connectivity index (χ1) is 7.01. The average Bonchev–Trinajstić information content (AvgIpc) is 2.42. The molecule has 2 unspecified atom stereocenters. The molecule has 3 heteroatoms. The minimum atomic E-state index is -0.555. The Kier molecular flexibility index (Phi) is 2.21. The summed E-state index contributed by atoms with van der Waals surface area (Å²) in [5.41, 5.74) is 1.91. The molecule has 0 aromatic carbocycles. The number of allylic oxidation sites excluding steroid dienone is 2. The van der Waals surface area contributed by atoms with E-state index in [1.54, 1.807) is 0 Å². The van der Waals surface area contributed by atoms with Crippen molar-refractivity contribution in [1.82, 2.24) is 0 Å². The molecule has 0 saturated carbocycles. The molecule has 0 bridgehead atoms. The standard InChI is InChI=1S/C12H16O3/c1-4-12-6-8(3)7(2)5-9(12)10(13)15-11(12)14/h9H,4-6H2,1-3H3. The fourth-order valence-corrected chi connectivity index (χ4v) is 2.73. The molecule has 3 nitrogen and oxygen atoms in total. The fraction of sp³-hybridized carbons (Fsp3) is 0.667. The van der Waals surface area contributed by atoms with Gasteiger partial charge in [0.05, 0.1) is 11.3 Å². The number of ether oxygens (including phenoxy) is 1. The van der Waals surface area contributed by atoms with Crippen LogP contribution in [0.15, 0.2) is 11.1 Å². The van der Waals surface area contributed by atoms with Crippen LogP contribution in [0, 0.1) is 11.3 Å². The van der Waals surface area contributed by atoms with Gasteiger partial charge in [0.1, 0.15) is 0 Å². The number of carbonyl (C=O) groups is 2. The second-order valence-electron chi connectivity index (χ2n) is 4.71. The van der Waals surface area contributed by atoms with E-state index in [0.29, 0.717) is 19.3 Å². The molecule has 2 rings (SSSR count). The van der Waals surface area contributed by atoms with Crippen LogP contribution in [-0.4, -0.2) is 11.9 Å². The van der Waals surface area contributed by atoms with Crippen molar-refractivity contribution in [2.75, 3.05) is 0 Å². The SMILES string of the molecule is CCC12CC(C)=C(C)CC1C(=O)OC2=O. The summed E-state index contributed by atoms with van der Waals surface area (Å²) < 4.78 is 4.79. The fourth-order valence-electron chi connectivity index (χ4n) is 2.73. The molecule has 0 aromatic heterocycles. The van der Waals surface area contributed by atoms with Gasteiger partial charge in [-0.1, -0.05) is 18.1 Å². The summed E-state index contributed by atoms with van der Waals surface area (Å²) in [4.78, 5) is 23.3. The Hall–Kier alpha value is -1.12. The van der Waals surface area contributed by atoms with Crippen LogP contribution < -0.4 is 0 Å². The highest BCUT2D eigenvalue weighted by atomic mass is 16.6. The summed E-state index contributed by atoms with van der Waals surface area (Å²) in [5.74, 6) is -0.876. The maximum atomic E-state index is 11.8. The second-order valence-corrected chi connectivity index (χ2v) is 4.71. The Balaban J connectivity index is 2.46. The first kappa shape index (κ1) is 10.4. The predicted molar refractivity (Wildman–Crippen MR) is 54.9 cm³/mol. The quantitative estimate of drug-likeness (QED) is 0.377. The Morgan fingerprint density at radius 2 is 2.00 bits per heavy atom. The summed E-state index contributed by atoms with van der Waals surface area (Å²) in [6.45, 7) is 6.03. The van der Waals surface area contributed by atoms with E-state index in [1.165, 1.54) is 11.1 Å². The number of hydrogen-bond donors (Lipinski definition) is 0. The van der Waals surface area contributed by atoms with Gasteiger partial charge in [0.2, 0.25) is 0 Å². The van der Waals surface area contributed by atoms with Gasteiger partial charge in [-0.05, 0) is 33.1 Å². The average molecular weight is 208 g/mol. The highest BCUT2D eigenvalue weighted by molar-refractivity contribution is 5.99. The summed E-state index contributed by atoms with van der Waals surface area (Å²) in [6, 6.07) is 0. The molecule has 0 N–H and O–H groups in total. The van der Waals surface area contributed by atoms with E-state index in [4.69, 9.17) is 4.74 Å². The van der Waals surface area contributed by atoms with E-state index in [1.807, 2.05) is 20.8 Å². The molecule has 1 saturated heterocycles. The van der Waals surface area contributed by atoms with Gasteiger partial charge in [0.15, 0.2) is 0 Å². The van der Waals surface area contributed by atoms with Gasteiger partial charge in [-0.2, -0.15) is 0 Å². The van der Waals surface area contributed by atoms with Crippen LogP contribution in [0.5, 0.6) is 0 Å². The van der Waals surface area contributed by atoms with E-state index in [9.17, 15) is 9.59 Å². The molecule has 1 aliphatic heterocycles. The first-order valence-electron chi connectivity index (χ1n) is 5.42. The van der Waals surface area contributed by atoms with Gasteiger partial charge in [-0.25, -0.2) is 0 Å². The van der Waals surface area contributed by atoms with Gasteiger partial charge < -0.3 is 4.74 Å². The van der Waals surface area contributed by atoms with Crippen molar-refractivity contribution in [3.05, 3.63) is 11.1 Å². The van der Waals surface area contributed by atoms with Crippen molar-refractivity contribution in [1.29, 1.82) is 0 Å². The zero-order valence-corrected chi connectivity index (χ0v) is 9.42. The van der Waals surface area contributed by atoms with Crippen molar-refractivity contribution in [2.24, 2.45) is 11.3 Å². The van der Waals surface area contributed by atoms with E-state index in [-0.39, 0.29) is 17.9 Å². The maximum absolute atomic E-state index is 11.8. The molecule has 1 fully saturated rings. The lowest BCUT2D eigenvalue weighted by Crippen LogP contribution is -2.36. The smallest absolute Gasteiger partial charge is 0.320 e. The molecule has 0 spiro atoms. The first-order valence-corrected chi connectivity index (χ1v) is 5.42. The van der Waals surface area contributed by atoms with Crippen LogP contribution in [0.3, 0.4) is 0 Å². The molecule has 0 aromatic rings. The molecule has 1 heterocycles. The van der Waals surface area contributed by atoms with E-state index >= 15 is 0 Å². The zero-order valence-electron chi connectivity index (χ0n) is 9.42. The van der Waals surface area contributed by atoms with Crippen molar-refractivity contribution in [2.45, 2.75) is 40.0 Å². The van der Waals surface area contributed by atoms with Crippen LogP contribution in [-0.2, 0) is 14.3 Å². The lowest BCUT2D eigenvalue weighted by atomic mass is 9.65. The van der Waals surface area contributed by atoms with Crippen molar-refractivity contribution in [3.63, 3.8) is 0 Å². The van der Waals surface area contributed by atoms with Crippen molar-refractivity contribution in [3.8, 4) is 0 Å². The summed E-state index contributed by atoms with van der Waals surface area (Å²) in [6.07, 6.45) is 2.06. The lowest BCUT2D eigenvalue weighted by molar-refractivity contribution is -0.155. The summed E-state index contributed by atoms with van der Waals surface area (Å²) >= 11 is 0. The Morgan fingerprint density at radius 3 is 2.60 bits per heavy atom. The molecule has 82 valence electrons. The highest BCUT2D eigenvalue weighted by Gasteiger charge is 2.57. The van der Waals surface area contributed by atoms with Crippen LogP contribution in [0.25, 0.3) is 0 Å². The zero-order chi connectivity index (χ0) is 11.2. The minimum Gasteiger partial charge on any atom is -0.392 e. The number of carbonyl (C=O) groups excluding carboxylic acids is 2. The molecular weight excluding hydrogens is 192 g/mol. The van der Waals surface area contributed by atoms with Gasteiger partial charge >= 0.3 is 11.9 Å². The topological polar surface area (TPSA) is 43.4 Å². The minimum absolute atomic E-state index is 0.237. The Morgan fingerprint density at radius 1 is 1.33 bits per heavy atom. The molecule has 15 heavy (non-hydrogen) atoms. The number of cyclic esters (lactones) is 2. The van der Waals surface area contributed by atoms with Crippen LogP contribution in [0.4, 0.5) is 0 Å². The summed E-state index contributed by atoms with van der Waals surface area (Å²) in [7, 11) is 0. The van der Waals surface area contributed by atoms with Gasteiger partial charge in [-0.15, -0.1) is 0 Å². The largest absolute Gasteiger partial charge is 0.392 e. The third kappa shape index (κ3) is 1.25.